The van der Waals surface area contributed by atoms with Gasteiger partial charge in [-0.2, -0.15) is 5.10 Å². The Morgan fingerprint density at radius 2 is 2.53 bits per heavy atom. The first-order valence-electron chi connectivity index (χ1n) is 7.15. The summed E-state index contributed by atoms with van der Waals surface area (Å²) in [6.07, 6.45) is 7.30. The summed E-state index contributed by atoms with van der Waals surface area (Å²) in [4.78, 5) is 4.12. The third-order valence-electron chi connectivity index (χ3n) is 4.06. The molecule has 0 spiro atoms. The molecule has 1 heterocycles. The van der Waals surface area contributed by atoms with Crippen LogP contribution in [0, 0.1) is 5.92 Å². The van der Waals surface area contributed by atoms with Crippen molar-refractivity contribution in [2.45, 2.75) is 49.7 Å². The Hall–Kier alpha value is -0.590. The van der Waals surface area contributed by atoms with Crippen molar-refractivity contribution in [3.05, 3.63) is 6.33 Å². The summed E-state index contributed by atoms with van der Waals surface area (Å²) in [5.41, 5.74) is -0.0437. The molecule has 1 aromatic rings. The van der Waals surface area contributed by atoms with Crippen molar-refractivity contribution in [1.29, 1.82) is 0 Å². The van der Waals surface area contributed by atoms with Crippen LogP contribution in [-0.4, -0.2) is 44.7 Å². The molecule has 0 saturated heterocycles. The average molecular weight is 284 g/mol. The Morgan fingerprint density at radius 1 is 1.63 bits per heavy atom. The quantitative estimate of drug-likeness (QED) is 0.635. The van der Waals surface area contributed by atoms with Crippen LogP contribution in [0.4, 0.5) is 0 Å². The highest BCUT2D eigenvalue weighted by Gasteiger charge is 2.41. The second kappa shape index (κ2) is 7.26. The number of H-pyrrole nitrogens is 1. The lowest BCUT2D eigenvalue weighted by Crippen LogP contribution is -2.51. The van der Waals surface area contributed by atoms with Crippen LogP contribution in [0.3, 0.4) is 0 Å². The first kappa shape index (κ1) is 14.8. The van der Waals surface area contributed by atoms with E-state index in [1.165, 1.54) is 12.8 Å². The summed E-state index contributed by atoms with van der Waals surface area (Å²) in [6, 6.07) is 0. The van der Waals surface area contributed by atoms with Crippen LogP contribution >= 0.6 is 11.8 Å². The van der Waals surface area contributed by atoms with Gasteiger partial charge < -0.3 is 10.4 Å². The fourth-order valence-electron chi connectivity index (χ4n) is 3.00. The molecule has 2 atom stereocenters. The van der Waals surface area contributed by atoms with Gasteiger partial charge >= 0.3 is 0 Å². The highest BCUT2D eigenvalue weighted by atomic mass is 32.2. The van der Waals surface area contributed by atoms with Gasteiger partial charge in [0.15, 0.2) is 5.16 Å². The molecule has 0 aromatic carbocycles. The van der Waals surface area contributed by atoms with Crippen molar-refractivity contribution in [3.8, 4) is 0 Å². The molecule has 1 aliphatic rings. The molecule has 0 amide bonds. The van der Waals surface area contributed by atoms with Gasteiger partial charge in [0.1, 0.15) is 6.33 Å². The normalized spacial score (nSPS) is 26.9. The Morgan fingerprint density at radius 3 is 3.21 bits per heavy atom. The molecule has 108 valence electrons. The van der Waals surface area contributed by atoms with Crippen molar-refractivity contribution in [3.63, 3.8) is 0 Å². The number of hydrogen-bond acceptors (Lipinski definition) is 5. The van der Waals surface area contributed by atoms with Crippen molar-refractivity contribution in [1.82, 2.24) is 20.5 Å². The molecule has 6 heteroatoms. The van der Waals surface area contributed by atoms with Gasteiger partial charge in [0, 0.05) is 11.3 Å². The summed E-state index contributed by atoms with van der Waals surface area (Å²) >= 11 is 1.71. The van der Waals surface area contributed by atoms with E-state index >= 15 is 0 Å². The van der Waals surface area contributed by atoms with Crippen molar-refractivity contribution >= 4 is 11.8 Å². The largest absolute Gasteiger partial charge is 0.394 e. The zero-order valence-corrected chi connectivity index (χ0v) is 12.4. The number of thioether (sulfide) groups is 1. The number of aliphatic hydroxyl groups excluding tert-OH is 1. The van der Waals surface area contributed by atoms with Crippen LogP contribution in [0.1, 0.15) is 39.0 Å². The fourth-order valence-corrected chi connectivity index (χ4v) is 3.83. The minimum atomic E-state index is -0.0437. The van der Waals surface area contributed by atoms with Gasteiger partial charge in [-0.05, 0) is 38.1 Å². The van der Waals surface area contributed by atoms with E-state index in [9.17, 15) is 5.11 Å². The lowest BCUT2D eigenvalue weighted by molar-refractivity contribution is 0.122. The molecule has 1 aliphatic carbocycles. The maximum atomic E-state index is 9.80. The van der Waals surface area contributed by atoms with Gasteiger partial charge in [-0.15, -0.1) is 0 Å². The molecule has 0 aliphatic heterocycles. The third-order valence-corrected chi connectivity index (χ3v) is 4.97. The van der Waals surface area contributed by atoms with E-state index in [4.69, 9.17) is 0 Å². The van der Waals surface area contributed by atoms with Gasteiger partial charge in [-0.1, -0.05) is 25.1 Å². The van der Waals surface area contributed by atoms with Gasteiger partial charge in [0.05, 0.1) is 6.61 Å². The Kier molecular flexibility index (Phi) is 5.66. The smallest absolute Gasteiger partial charge is 0.183 e. The van der Waals surface area contributed by atoms with E-state index in [0.29, 0.717) is 5.92 Å². The minimum Gasteiger partial charge on any atom is -0.394 e. The van der Waals surface area contributed by atoms with Crippen LogP contribution < -0.4 is 5.32 Å². The Balaban J connectivity index is 1.83. The molecule has 19 heavy (non-hydrogen) atoms. The molecular weight excluding hydrogens is 260 g/mol. The zero-order chi connectivity index (χ0) is 13.6. The second-order valence-corrected chi connectivity index (χ2v) is 6.34. The number of hydrogen-bond donors (Lipinski definition) is 3. The Labute approximate surface area is 119 Å². The highest BCUT2D eigenvalue weighted by Crippen LogP contribution is 2.38. The number of aromatic amines is 1. The zero-order valence-electron chi connectivity index (χ0n) is 11.6. The molecule has 0 bridgehead atoms. The maximum Gasteiger partial charge on any atom is 0.183 e. The van der Waals surface area contributed by atoms with Crippen LogP contribution in [0.25, 0.3) is 0 Å². The van der Waals surface area contributed by atoms with Crippen molar-refractivity contribution < 1.29 is 5.11 Å². The van der Waals surface area contributed by atoms with Gasteiger partial charge in [0.2, 0.25) is 0 Å². The number of aromatic nitrogens is 3. The van der Waals surface area contributed by atoms with Crippen LogP contribution in [0.15, 0.2) is 11.5 Å². The lowest BCUT2D eigenvalue weighted by atomic mass is 9.85. The predicted octanol–water partition coefficient (Wildman–Crippen LogP) is 1.82. The van der Waals surface area contributed by atoms with E-state index in [1.54, 1.807) is 18.1 Å². The molecular formula is C13H24N4OS. The summed E-state index contributed by atoms with van der Waals surface area (Å²) in [5.74, 6) is 1.59. The van der Waals surface area contributed by atoms with Crippen LogP contribution in [0.2, 0.25) is 0 Å². The lowest BCUT2D eigenvalue weighted by Gasteiger charge is -2.35. The van der Waals surface area contributed by atoms with E-state index in [1.807, 2.05) is 0 Å². The average Bonchev–Trinajstić information content (AvgIpc) is 3.07. The summed E-state index contributed by atoms with van der Waals surface area (Å²) in [5, 5.41) is 21.0. The molecule has 2 rings (SSSR count). The van der Waals surface area contributed by atoms with Crippen LogP contribution in [-0.2, 0) is 0 Å². The molecule has 2 unspecified atom stereocenters. The molecule has 3 N–H and O–H groups in total. The van der Waals surface area contributed by atoms with Gasteiger partial charge in [-0.25, -0.2) is 4.98 Å². The van der Waals surface area contributed by atoms with E-state index in [2.05, 4.69) is 27.4 Å². The number of rotatable bonds is 8. The number of nitrogens with one attached hydrogen (secondary N) is 2. The molecule has 0 radical (unpaired) electrons. The first-order valence-corrected chi connectivity index (χ1v) is 8.13. The topological polar surface area (TPSA) is 73.8 Å². The summed E-state index contributed by atoms with van der Waals surface area (Å²) in [6.45, 7) is 3.42. The highest BCUT2D eigenvalue weighted by molar-refractivity contribution is 7.99. The standard InChI is InChI=1S/C13H24N4OS/c1-2-7-15-13(9-18)6-3-4-11(13)5-8-19-12-14-10-16-17-12/h10-11,15,18H,2-9H2,1H3,(H,14,16,17). The predicted molar refractivity (Wildman–Crippen MR) is 77.2 cm³/mol. The molecule has 5 nitrogen and oxygen atoms in total. The van der Waals surface area contributed by atoms with E-state index < -0.39 is 0 Å². The van der Waals surface area contributed by atoms with Crippen molar-refractivity contribution in [2.75, 3.05) is 18.9 Å². The number of nitrogens with zero attached hydrogens (tertiary/aromatic N) is 2. The molecule has 1 fully saturated rings. The van der Waals surface area contributed by atoms with Gasteiger partial charge in [-0.3, -0.25) is 5.10 Å². The van der Waals surface area contributed by atoms with E-state index in [0.717, 1.165) is 36.7 Å². The van der Waals surface area contributed by atoms with Crippen molar-refractivity contribution in [2.24, 2.45) is 5.92 Å². The summed E-state index contributed by atoms with van der Waals surface area (Å²) in [7, 11) is 0. The summed E-state index contributed by atoms with van der Waals surface area (Å²) < 4.78 is 0. The Bertz CT molecular complexity index is 360. The first-order chi connectivity index (χ1) is 9.30. The van der Waals surface area contributed by atoms with Crippen LogP contribution in [0.5, 0.6) is 0 Å². The maximum absolute atomic E-state index is 9.80. The van der Waals surface area contributed by atoms with E-state index in [-0.39, 0.29) is 12.1 Å². The monoisotopic (exact) mass is 284 g/mol. The number of aliphatic hydroxyl groups is 1. The molecule has 1 aromatic heterocycles. The van der Waals surface area contributed by atoms with Gasteiger partial charge in [0.25, 0.3) is 0 Å². The second-order valence-electron chi connectivity index (χ2n) is 5.26. The SMILES string of the molecule is CCCNC1(CO)CCCC1CCSc1ncn[nH]1. The third kappa shape index (κ3) is 3.70. The minimum absolute atomic E-state index is 0.0437. The molecule has 1 saturated carbocycles. The fraction of sp³-hybridized carbons (Fsp3) is 0.846.